The van der Waals surface area contributed by atoms with Gasteiger partial charge in [-0.3, -0.25) is 9.78 Å². The molecular weight excluding hydrogens is 514 g/mol. The molecule has 2 aromatic rings. The van der Waals surface area contributed by atoms with Crippen LogP contribution in [-0.2, 0) is 4.79 Å². The number of benzene rings is 1. The number of alkyl halides is 3. The van der Waals surface area contributed by atoms with Crippen LogP contribution in [0.4, 0.5) is 0 Å². The van der Waals surface area contributed by atoms with Crippen molar-refractivity contribution in [3.05, 3.63) is 36.5 Å². The minimum atomic E-state index is -0.524. The van der Waals surface area contributed by atoms with Crippen molar-refractivity contribution in [3.8, 4) is 5.75 Å². The molecule has 132 valence electrons. The van der Waals surface area contributed by atoms with Crippen LogP contribution in [0.3, 0.4) is 0 Å². The number of ether oxygens (including phenoxy) is 1. The molecule has 6 heteroatoms. The van der Waals surface area contributed by atoms with Gasteiger partial charge in [-0.2, -0.15) is 0 Å². The molecular formula is C19H18Br3NO2. The van der Waals surface area contributed by atoms with Crippen LogP contribution in [0.25, 0.3) is 10.9 Å². The lowest BCUT2D eigenvalue weighted by Crippen LogP contribution is -2.71. The Balaban J connectivity index is 1.71. The summed E-state index contributed by atoms with van der Waals surface area (Å²) in [6, 6.07) is 9.54. The maximum Gasteiger partial charge on any atom is 0.319 e. The predicted octanol–water partition coefficient (Wildman–Crippen LogP) is 5.83. The highest BCUT2D eigenvalue weighted by Gasteiger charge is 2.84. The Morgan fingerprint density at radius 2 is 1.96 bits per heavy atom. The van der Waals surface area contributed by atoms with E-state index in [2.05, 4.69) is 66.6 Å². The van der Waals surface area contributed by atoms with E-state index in [1.54, 1.807) is 6.20 Å². The van der Waals surface area contributed by atoms with Crippen LogP contribution in [0, 0.1) is 16.2 Å². The Bertz CT molecular complexity index is 863. The van der Waals surface area contributed by atoms with Gasteiger partial charge in [-0.15, -0.1) is 0 Å². The number of nitrogens with zero attached hydrogens (tertiary/aromatic N) is 1. The molecule has 0 spiro atoms. The molecule has 0 saturated heterocycles. The Morgan fingerprint density at radius 3 is 2.60 bits per heavy atom. The molecule has 3 nitrogen and oxygen atoms in total. The van der Waals surface area contributed by atoms with E-state index in [9.17, 15) is 4.79 Å². The normalized spacial score (nSPS) is 32.6. The van der Waals surface area contributed by atoms with Gasteiger partial charge in [0.1, 0.15) is 5.52 Å². The van der Waals surface area contributed by atoms with E-state index in [-0.39, 0.29) is 25.4 Å². The summed E-state index contributed by atoms with van der Waals surface area (Å²) in [4.78, 5) is 17.8. The number of fused-ring (bicyclic) bond motifs is 2. The summed E-state index contributed by atoms with van der Waals surface area (Å²) in [5.41, 5.74) is 0.00867. The SMILES string of the molecule is CC1(C)C2(C(=O)Oc3cccc4cccnc34)CCC1(C(Br)Br)C2Br. The molecule has 0 amide bonds. The lowest BCUT2D eigenvalue weighted by atomic mass is 9.43. The zero-order valence-corrected chi connectivity index (χ0v) is 18.7. The molecule has 0 radical (unpaired) electrons. The van der Waals surface area contributed by atoms with Crippen LogP contribution in [0.2, 0.25) is 0 Å². The number of carbonyl (C=O) groups excluding carboxylic acids is 1. The monoisotopic (exact) mass is 529 g/mol. The number of carbonyl (C=O) groups is 1. The second-order valence-electron chi connectivity index (χ2n) is 7.52. The summed E-state index contributed by atoms with van der Waals surface area (Å²) in [7, 11) is 0. The van der Waals surface area contributed by atoms with Crippen LogP contribution < -0.4 is 4.74 Å². The van der Waals surface area contributed by atoms with Gasteiger partial charge in [0.2, 0.25) is 0 Å². The standard InChI is InChI=1S/C19H18Br3NO2/c1-17(2)18(15(21)22)8-9-19(17,14(18)20)16(24)25-12-7-3-5-11-6-4-10-23-13(11)12/h3-7,10,14-15H,8-9H2,1-2H3. The van der Waals surface area contributed by atoms with E-state index in [1.165, 1.54) is 0 Å². The topological polar surface area (TPSA) is 39.2 Å². The maximum absolute atomic E-state index is 13.3. The summed E-state index contributed by atoms with van der Waals surface area (Å²) in [5.74, 6) is 0.373. The number of hydrogen-bond acceptors (Lipinski definition) is 3. The van der Waals surface area contributed by atoms with Crippen molar-refractivity contribution >= 4 is 64.7 Å². The van der Waals surface area contributed by atoms with E-state index in [4.69, 9.17) is 4.74 Å². The minimum absolute atomic E-state index is 0.0109. The second kappa shape index (κ2) is 5.77. The van der Waals surface area contributed by atoms with Crippen molar-refractivity contribution in [1.29, 1.82) is 0 Å². The molecule has 3 aliphatic rings. The molecule has 1 heterocycles. The Labute approximate surface area is 172 Å². The largest absolute Gasteiger partial charge is 0.424 e. The first-order chi connectivity index (χ1) is 11.8. The molecule has 0 N–H and O–H groups in total. The summed E-state index contributed by atoms with van der Waals surface area (Å²) in [6.07, 6.45) is 3.51. The number of pyridine rings is 1. The number of halogens is 3. The summed E-state index contributed by atoms with van der Waals surface area (Å²) >= 11 is 11.2. The smallest absolute Gasteiger partial charge is 0.319 e. The first-order valence-electron chi connectivity index (χ1n) is 8.27. The zero-order chi connectivity index (χ0) is 18.0. The number of rotatable bonds is 3. The van der Waals surface area contributed by atoms with E-state index in [1.807, 2.05) is 30.3 Å². The average molecular weight is 532 g/mol. The fraction of sp³-hybridized carbons (Fsp3) is 0.474. The van der Waals surface area contributed by atoms with Crippen LogP contribution in [0.1, 0.15) is 26.7 Å². The van der Waals surface area contributed by atoms with Crippen molar-refractivity contribution in [2.75, 3.05) is 0 Å². The van der Waals surface area contributed by atoms with Gasteiger partial charge in [0.25, 0.3) is 0 Å². The van der Waals surface area contributed by atoms with E-state index in [0.29, 0.717) is 5.75 Å². The highest BCUT2D eigenvalue weighted by atomic mass is 79.9. The lowest BCUT2D eigenvalue weighted by molar-refractivity contribution is -0.176. The van der Waals surface area contributed by atoms with E-state index < -0.39 is 5.41 Å². The first kappa shape index (κ1) is 17.9. The molecule has 3 saturated carbocycles. The third-order valence-electron chi connectivity index (χ3n) is 6.65. The Morgan fingerprint density at radius 1 is 1.24 bits per heavy atom. The lowest BCUT2D eigenvalue weighted by Gasteiger charge is -2.65. The van der Waals surface area contributed by atoms with Crippen LogP contribution in [-0.4, -0.2) is 19.5 Å². The molecule has 1 aromatic heterocycles. The summed E-state index contributed by atoms with van der Waals surface area (Å²) < 4.78 is 6.07. The van der Waals surface area contributed by atoms with Gasteiger partial charge in [0.15, 0.2) is 5.75 Å². The highest BCUT2D eigenvalue weighted by Crippen LogP contribution is 2.82. The molecule has 3 fully saturated rings. The molecule has 5 rings (SSSR count). The number of esters is 1. The third-order valence-corrected chi connectivity index (χ3v) is 9.88. The van der Waals surface area contributed by atoms with Gasteiger partial charge in [-0.05, 0) is 30.4 Å². The second-order valence-corrected chi connectivity index (χ2v) is 11.5. The van der Waals surface area contributed by atoms with E-state index >= 15 is 0 Å². The van der Waals surface area contributed by atoms with Crippen molar-refractivity contribution in [2.45, 2.75) is 35.3 Å². The first-order valence-corrected chi connectivity index (χ1v) is 11.0. The molecule has 2 bridgehead atoms. The Kier molecular flexibility index (Phi) is 4.14. The summed E-state index contributed by atoms with van der Waals surface area (Å²) in [6.45, 7) is 4.35. The fourth-order valence-corrected chi connectivity index (χ4v) is 9.89. The number of aromatic nitrogens is 1. The van der Waals surface area contributed by atoms with Crippen molar-refractivity contribution < 1.29 is 9.53 Å². The van der Waals surface area contributed by atoms with Gasteiger partial charge < -0.3 is 4.74 Å². The van der Waals surface area contributed by atoms with Gasteiger partial charge in [-0.25, -0.2) is 0 Å². The van der Waals surface area contributed by atoms with Gasteiger partial charge in [0, 0.05) is 21.8 Å². The summed E-state index contributed by atoms with van der Waals surface area (Å²) in [5, 5.41) is 0.968. The van der Waals surface area contributed by atoms with Crippen LogP contribution >= 0.6 is 47.8 Å². The zero-order valence-electron chi connectivity index (χ0n) is 13.9. The minimum Gasteiger partial charge on any atom is -0.424 e. The molecule has 3 unspecified atom stereocenters. The average Bonchev–Trinajstić information content (AvgIpc) is 3.05. The van der Waals surface area contributed by atoms with E-state index in [0.717, 1.165) is 23.7 Å². The quantitative estimate of drug-likeness (QED) is 0.284. The Hall–Kier alpha value is -0.460. The molecule has 3 atom stereocenters. The van der Waals surface area contributed by atoms with Crippen molar-refractivity contribution in [3.63, 3.8) is 0 Å². The van der Waals surface area contributed by atoms with Crippen molar-refractivity contribution in [1.82, 2.24) is 4.98 Å². The van der Waals surface area contributed by atoms with Gasteiger partial charge in [0.05, 0.1) is 9.15 Å². The molecule has 3 aliphatic carbocycles. The number of para-hydroxylation sites is 1. The third kappa shape index (κ3) is 2.02. The molecule has 25 heavy (non-hydrogen) atoms. The van der Waals surface area contributed by atoms with Crippen LogP contribution in [0.15, 0.2) is 36.5 Å². The van der Waals surface area contributed by atoms with Gasteiger partial charge in [-0.1, -0.05) is 79.8 Å². The highest BCUT2D eigenvalue weighted by molar-refractivity contribution is 9.24. The van der Waals surface area contributed by atoms with Gasteiger partial charge >= 0.3 is 5.97 Å². The maximum atomic E-state index is 13.3. The van der Waals surface area contributed by atoms with Crippen molar-refractivity contribution in [2.24, 2.45) is 16.2 Å². The van der Waals surface area contributed by atoms with Crippen LogP contribution in [0.5, 0.6) is 5.75 Å². The number of hydrogen-bond donors (Lipinski definition) is 0. The molecule has 1 aromatic carbocycles. The fourth-order valence-electron chi connectivity index (χ4n) is 5.00. The predicted molar refractivity (Wildman–Crippen MR) is 110 cm³/mol. The molecule has 0 aliphatic heterocycles.